The van der Waals surface area contributed by atoms with Crippen molar-refractivity contribution in [2.45, 2.75) is 13.3 Å². The minimum Gasteiger partial charge on any atom is -0.396 e. The molecule has 4 nitrogen and oxygen atoms in total. The van der Waals surface area contributed by atoms with Gasteiger partial charge in [-0.05, 0) is 18.6 Å². The van der Waals surface area contributed by atoms with E-state index in [1.165, 1.54) is 0 Å². The van der Waals surface area contributed by atoms with Crippen molar-refractivity contribution in [2.75, 3.05) is 24.6 Å². The summed E-state index contributed by atoms with van der Waals surface area (Å²) < 4.78 is 0. The van der Waals surface area contributed by atoms with Crippen molar-refractivity contribution >= 4 is 17.4 Å². The quantitative estimate of drug-likeness (QED) is 0.829. The van der Waals surface area contributed by atoms with Crippen LogP contribution in [0.5, 0.6) is 0 Å². The normalized spacial score (nSPS) is 25.9. The summed E-state index contributed by atoms with van der Waals surface area (Å²) in [5.41, 5.74) is -0.0126. The minimum atomic E-state index is -0.0126. The first-order valence-corrected chi connectivity index (χ1v) is 5.36. The van der Waals surface area contributed by atoms with Crippen LogP contribution in [-0.4, -0.2) is 35.0 Å². The second-order valence-corrected chi connectivity index (χ2v) is 4.74. The van der Waals surface area contributed by atoms with E-state index in [0.717, 1.165) is 25.3 Å². The number of hydrogen-bond acceptors (Lipinski definition) is 4. The molecule has 0 aromatic carbocycles. The molecule has 1 saturated heterocycles. The topological polar surface area (TPSA) is 49.2 Å². The molecule has 2 rings (SSSR count). The number of aliphatic hydroxyl groups excluding tert-OH is 1. The Labute approximate surface area is 93.9 Å². The van der Waals surface area contributed by atoms with Gasteiger partial charge in [-0.2, -0.15) is 0 Å². The van der Waals surface area contributed by atoms with E-state index in [1.54, 1.807) is 6.07 Å². The minimum absolute atomic E-state index is 0.0126. The maximum Gasteiger partial charge on any atom is 0.151 e. The van der Waals surface area contributed by atoms with E-state index in [4.69, 9.17) is 11.6 Å². The first-order valence-electron chi connectivity index (χ1n) is 4.98. The Hall–Kier alpha value is -0.870. The second-order valence-electron chi connectivity index (χ2n) is 4.35. The van der Waals surface area contributed by atoms with Crippen LogP contribution in [0.1, 0.15) is 13.3 Å². The molecule has 0 saturated carbocycles. The molecule has 1 N–H and O–H groups in total. The molecule has 0 bridgehead atoms. The second kappa shape index (κ2) is 3.94. The Bertz CT molecular complexity index is 343. The van der Waals surface area contributed by atoms with E-state index >= 15 is 0 Å². The van der Waals surface area contributed by atoms with Crippen molar-refractivity contribution in [3.05, 3.63) is 17.3 Å². The highest BCUT2D eigenvalue weighted by Crippen LogP contribution is 2.31. The smallest absolute Gasteiger partial charge is 0.151 e. The first-order chi connectivity index (χ1) is 7.13. The first kappa shape index (κ1) is 10.6. The Morgan fingerprint density at radius 3 is 2.87 bits per heavy atom. The SMILES string of the molecule is CC1(CO)CCN(c2ccc(Cl)nn2)C1. The van der Waals surface area contributed by atoms with Crippen LogP contribution in [0.4, 0.5) is 5.82 Å². The summed E-state index contributed by atoms with van der Waals surface area (Å²) in [5, 5.41) is 17.5. The number of aromatic nitrogens is 2. The van der Waals surface area contributed by atoms with Crippen molar-refractivity contribution in [1.29, 1.82) is 0 Å². The Morgan fingerprint density at radius 2 is 2.33 bits per heavy atom. The molecule has 5 heteroatoms. The molecule has 1 fully saturated rings. The fourth-order valence-corrected chi connectivity index (χ4v) is 1.93. The summed E-state index contributed by atoms with van der Waals surface area (Å²) >= 11 is 5.67. The highest BCUT2D eigenvalue weighted by Gasteiger charge is 2.33. The highest BCUT2D eigenvalue weighted by molar-refractivity contribution is 6.29. The summed E-state index contributed by atoms with van der Waals surface area (Å²) in [6.07, 6.45) is 0.980. The van der Waals surface area contributed by atoms with E-state index in [-0.39, 0.29) is 12.0 Å². The Morgan fingerprint density at radius 1 is 1.53 bits per heavy atom. The van der Waals surface area contributed by atoms with E-state index in [0.29, 0.717) is 5.15 Å². The molecule has 1 aliphatic heterocycles. The van der Waals surface area contributed by atoms with Crippen molar-refractivity contribution in [1.82, 2.24) is 10.2 Å². The molecule has 0 amide bonds. The monoisotopic (exact) mass is 227 g/mol. The molecule has 2 heterocycles. The lowest BCUT2D eigenvalue weighted by Gasteiger charge is -2.22. The van der Waals surface area contributed by atoms with E-state index in [1.807, 2.05) is 6.07 Å². The third-order valence-electron chi connectivity index (χ3n) is 2.88. The van der Waals surface area contributed by atoms with Gasteiger partial charge in [-0.25, -0.2) is 0 Å². The number of hydrogen-bond donors (Lipinski definition) is 1. The van der Waals surface area contributed by atoms with Gasteiger partial charge in [-0.15, -0.1) is 10.2 Å². The highest BCUT2D eigenvalue weighted by atomic mass is 35.5. The van der Waals surface area contributed by atoms with Gasteiger partial charge in [-0.1, -0.05) is 18.5 Å². The van der Waals surface area contributed by atoms with Crippen LogP contribution in [-0.2, 0) is 0 Å². The molecule has 1 unspecified atom stereocenters. The maximum atomic E-state index is 9.25. The van der Waals surface area contributed by atoms with Gasteiger partial charge < -0.3 is 10.0 Å². The third-order valence-corrected chi connectivity index (χ3v) is 3.08. The zero-order chi connectivity index (χ0) is 10.9. The summed E-state index contributed by atoms with van der Waals surface area (Å²) in [6.45, 7) is 4.02. The van der Waals surface area contributed by atoms with Crippen molar-refractivity contribution < 1.29 is 5.11 Å². The third kappa shape index (κ3) is 2.21. The average molecular weight is 228 g/mol. The van der Waals surface area contributed by atoms with Crippen LogP contribution in [0, 0.1) is 5.41 Å². The molecule has 1 atom stereocenters. The maximum absolute atomic E-state index is 9.25. The zero-order valence-corrected chi connectivity index (χ0v) is 9.41. The van der Waals surface area contributed by atoms with E-state index in [9.17, 15) is 5.11 Å². The van der Waals surface area contributed by atoms with Gasteiger partial charge in [0.05, 0.1) is 6.61 Å². The van der Waals surface area contributed by atoms with Crippen LogP contribution in [0.25, 0.3) is 0 Å². The molecule has 1 aliphatic rings. The van der Waals surface area contributed by atoms with Gasteiger partial charge in [0.25, 0.3) is 0 Å². The molecule has 0 aliphatic carbocycles. The predicted octanol–water partition coefficient (Wildman–Crippen LogP) is 1.34. The lowest BCUT2D eigenvalue weighted by Crippen LogP contribution is -2.28. The predicted molar refractivity (Wildman–Crippen MR) is 59.1 cm³/mol. The molecule has 1 aromatic rings. The number of rotatable bonds is 2. The standard InChI is InChI=1S/C10H14ClN3O/c1-10(7-15)4-5-14(6-10)9-3-2-8(11)12-13-9/h2-3,15H,4-7H2,1H3. The van der Waals surface area contributed by atoms with Gasteiger partial charge in [0.15, 0.2) is 11.0 Å². The number of halogens is 1. The summed E-state index contributed by atoms with van der Waals surface area (Å²) in [4.78, 5) is 2.12. The Kier molecular flexibility index (Phi) is 2.80. The number of nitrogens with zero attached hydrogens (tertiary/aromatic N) is 3. The zero-order valence-electron chi connectivity index (χ0n) is 8.65. The molecule has 15 heavy (non-hydrogen) atoms. The van der Waals surface area contributed by atoms with Gasteiger partial charge in [-0.3, -0.25) is 0 Å². The van der Waals surface area contributed by atoms with Crippen LogP contribution in [0.2, 0.25) is 5.15 Å². The fourth-order valence-electron chi connectivity index (χ4n) is 1.83. The summed E-state index contributed by atoms with van der Waals surface area (Å²) in [5.74, 6) is 0.830. The Balaban J connectivity index is 2.11. The van der Waals surface area contributed by atoms with E-state index in [2.05, 4.69) is 22.0 Å². The van der Waals surface area contributed by atoms with Crippen LogP contribution in [0.3, 0.4) is 0 Å². The fraction of sp³-hybridized carbons (Fsp3) is 0.600. The summed E-state index contributed by atoms with van der Waals surface area (Å²) in [6, 6.07) is 3.59. The number of anilines is 1. The average Bonchev–Trinajstić information content (AvgIpc) is 2.63. The van der Waals surface area contributed by atoms with Crippen LogP contribution >= 0.6 is 11.6 Å². The molecule has 0 radical (unpaired) electrons. The van der Waals surface area contributed by atoms with Crippen LogP contribution in [0.15, 0.2) is 12.1 Å². The number of aliphatic hydroxyl groups is 1. The van der Waals surface area contributed by atoms with Crippen LogP contribution < -0.4 is 4.90 Å². The van der Waals surface area contributed by atoms with Gasteiger partial charge in [0.1, 0.15) is 0 Å². The van der Waals surface area contributed by atoms with Crippen molar-refractivity contribution in [3.8, 4) is 0 Å². The van der Waals surface area contributed by atoms with Crippen molar-refractivity contribution in [3.63, 3.8) is 0 Å². The molecule has 0 spiro atoms. The molecule has 1 aromatic heterocycles. The lowest BCUT2D eigenvalue weighted by molar-refractivity contribution is 0.162. The largest absolute Gasteiger partial charge is 0.396 e. The van der Waals surface area contributed by atoms with Gasteiger partial charge in [0.2, 0.25) is 0 Å². The molecular formula is C10H14ClN3O. The van der Waals surface area contributed by atoms with Gasteiger partial charge >= 0.3 is 0 Å². The van der Waals surface area contributed by atoms with E-state index < -0.39 is 0 Å². The molecular weight excluding hydrogens is 214 g/mol. The van der Waals surface area contributed by atoms with Crippen molar-refractivity contribution in [2.24, 2.45) is 5.41 Å². The molecule has 82 valence electrons. The van der Waals surface area contributed by atoms with Gasteiger partial charge in [0, 0.05) is 18.5 Å². The summed E-state index contributed by atoms with van der Waals surface area (Å²) in [7, 11) is 0. The lowest BCUT2D eigenvalue weighted by atomic mass is 9.91.